The Labute approximate surface area is 134 Å². The Kier molecular flexibility index (Phi) is 4.23. The van der Waals surface area contributed by atoms with Crippen LogP contribution >= 0.6 is 0 Å². The number of carbonyl (C=O) groups is 1. The Morgan fingerprint density at radius 1 is 1.30 bits per heavy atom. The number of sulfonamides is 1. The molecule has 0 amide bonds. The van der Waals surface area contributed by atoms with Gasteiger partial charge in [-0.3, -0.25) is 4.79 Å². The zero-order valence-electron chi connectivity index (χ0n) is 12.3. The van der Waals surface area contributed by atoms with Gasteiger partial charge in [-0.1, -0.05) is 18.2 Å². The average molecular weight is 335 g/mol. The second-order valence-electron chi connectivity index (χ2n) is 5.66. The van der Waals surface area contributed by atoms with Crippen LogP contribution in [0.5, 0.6) is 0 Å². The normalized spacial score (nSPS) is 16.2. The first-order chi connectivity index (χ1) is 11.0. The fourth-order valence-corrected chi connectivity index (χ4v) is 4.02. The van der Waals surface area contributed by atoms with Gasteiger partial charge in [0.2, 0.25) is 10.0 Å². The van der Waals surface area contributed by atoms with Crippen LogP contribution in [0.15, 0.2) is 52.2 Å². The predicted octanol–water partition coefficient (Wildman–Crippen LogP) is 2.13. The van der Waals surface area contributed by atoms with E-state index in [1.807, 2.05) is 0 Å². The molecule has 1 aliphatic carbocycles. The van der Waals surface area contributed by atoms with E-state index in [1.165, 1.54) is 18.6 Å². The highest BCUT2D eigenvalue weighted by molar-refractivity contribution is 7.89. The highest BCUT2D eigenvalue weighted by Crippen LogP contribution is 2.42. The van der Waals surface area contributed by atoms with Gasteiger partial charge in [0, 0.05) is 6.42 Å². The molecule has 1 saturated carbocycles. The first kappa shape index (κ1) is 15.8. The van der Waals surface area contributed by atoms with E-state index in [0.717, 1.165) is 18.4 Å². The number of nitrogens with one attached hydrogen (secondary N) is 1. The number of rotatable bonds is 7. The molecular weight excluding hydrogens is 318 g/mol. The van der Waals surface area contributed by atoms with Crippen molar-refractivity contribution >= 4 is 16.0 Å². The summed E-state index contributed by atoms with van der Waals surface area (Å²) in [5.74, 6) is -0.974. The summed E-state index contributed by atoms with van der Waals surface area (Å²) in [6, 6.07) is 7.12. The first-order valence-electron chi connectivity index (χ1n) is 7.32. The van der Waals surface area contributed by atoms with E-state index in [0.29, 0.717) is 5.56 Å². The van der Waals surface area contributed by atoms with E-state index in [9.17, 15) is 18.3 Å². The number of carboxylic acid groups (broad SMARTS) is 1. The van der Waals surface area contributed by atoms with Gasteiger partial charge in [0.15, 0.2) is 0 Å². The topological polar surface area (TPSA) is 96.6 Å². The summed E-state index contributed by atoms with van der Waals surface area (Å²) in [7, 11) is -3.90. The lowest BCUT2D eigenvalue weighted by Gasteiger charge is -2.16. The van der Waals surface area contributed by atoms with Crippen molar-refractivity contribution in [1.29, 1.82) is 0 Å². The third-order valence-corrected chi connectivity index (χ3v) is 5.39. The highest BCUT2D eigenvalue weighted by atomic mass is 32.2. The van der Waals surface area contributed by atoms with Crippen molar-refractivity contribution in [3.8, 4) is 0 Å². The Bertz CT molecular complexity index is 794. The second-order valence-corrected chi connectivity index (χ2v) is 7.34. The molecule has 7 heteroatoms. The average Bonchev–Trinajstić information content (AvgIpc) is 3.24. The van der Waals surface area contributed by atoms with Gasteiger partial charge in [-0.15, -0.1) is 0 Å². The quantitative estimate of drug-likeness (QED) is 0.808. The van der Waals surface area contributed by atoms with Gasteiger partial charge in [0.05, 0.1) is 17.4 Å². The number of carboxylic acids is 1. The molecule has 122 valence electrons. The molecule has 0 radical (unpaired) electrons. The summed E-state index contributed by atoms with van der Waals surface area (Å²) in [6.07, 6.45) is 4.78. The van der Waals surface area contributed by atoms with Crippen molar-refractivity contribution in [2.75, 3.05) is 0 Å². The van der Waals surface area contributed by atoms with Gasteiger partial charge in [0.1, 0.15) is 6.04 Å². The molecule has 0 bridgehead atoms. The summed E-state index contributed by atoms with van der Waals surface area (Å²) in [4.78, 5) is 11.6. The van der Waals surface area contributed by atoms with Crippen LogP contribution in [0.1, 0.15) is 29.9 Å². The molecule has 6 nitrogen and oxygen atoms in total. The van der Waals surface area contributed by atoms with E-state index in [-0.39, 0.29) is 17.2 Å². The molecule has 1 atom stereocenters. The van der Waals surface area contributed by atoms with E-state index in [4.69, 9.17) is 4.42 Å². The molecule has 2 N–H and O–H groups in total. The molecule has 0 spiro atoms. The van der Waals surface area contributed by atoms with Crippen LogP contribution in [0.2, 0.25) is 0 Å². The first-order valence-corrected chi connectivity index (χ1v) is 8.81. The fourth-order valence-electron chi connectivity index (χ4n) is 2.53. The molecule has 1 heterocycles. The number of furan rings is 1. The van der Waals surface area contributed by atoms with Crippen LogP contribution in [0.25, 0.3) is 0 Å². The lowest BCUT2D eigenvalue weighted by atomic mass is 10.1. The van der Waals surface area contributed by atoms with E-state index in [2.05, 4.69) is 4.72 Å². The zero-order valence-corrected chi connectivity index (χ0v) is 13.1. The number of benzene rings is 1. The number of hydrogen-bond donors (Lipinski definition) is 2. The van der Waals surface area contributed by atoms with E-state index < -0.39 is 22.0 Å². The van der Waals surface area contributed by atoms with Crippen LogP contribution < -0.4 is 4.72 Å². The monoisotopic (exact) mass is 335 g/mol. The Morgan fingerprint density at radius 2 is 2.04 bits per heavy atom. The smallest absolute Gasteiger partial charge is 0.322 e. The van der Waals surface area contributed by atoms with Gasteiger partial charge in [-0.05, 0) is 42.0 Å². The summed E-state index contributed by atoms with van der Waals surface area (Å²) in [5, 5.41) is 9.32. The SMILES string of the molecule is O=C(O)C(Cc1ccoc1)NS(=O)(=O)c1ccccc1C1CC1. The van der Waals surface area contributed by atoms with Crippen LogP contribution in [-0.2, 0) is 21.2 Å². The van der Waals surface area contributed by atoms with Gasteiger partial charge in [-0.2, -0.15) is 4.72 Å². The van der Waals surface area contributed by atoms with Crippen LogP contribution in [0, 0.1) is 0 Å². The number of hydrogen-bond acceptors (Lipinski definition) is 4. The predicted molar refractivity (Wildman–Crippen MR) is 82.6 cm³/mol. The Hall–Kier alpha value is -2.12. The lowest BCUT2D eigenvalue weighted by molar-refractivity contribution is -0.138. The van der Waals surface area contributed by atoms with Crippen molar-refractivity contribution in [3.63, 3.8) is 0 Å². The van der Waals surface area contributed by atoms with Crippen molar-refractivity contribution in [3.05, 3.63) is 54.0 Å². The molecule has 23 heavy (non-hydrogen) atoms. The number of aliphatic carboxylic acids is 1. The maximum absolute atomic E-state index is 12.6. The summed E-state index contributed by atoms with van der Waals surface area (Å²) < 4.78 is 32.5. The highest BCUT2D eigenvalue weighted by Gasteiger charge is 2.32. The maximum atomic E-state index is 12.6. The molecule has 1 fully saturated rings. The van der Waals surface area contributed by atoms with Gasteiger partial charge in [-0.25, -0.2) is 8.42 Å². The Balaban J connectivity index is 1.85. The maximum Gasteiger partial charge on any atom is 0.322 e. The molecule has 1 aromatic heterocycles. The standard InChI is InChI=1S/C16H17NO5S/c18-16(19)14(9-11-7-8-22-10-11)17-23(20,21)15-4-2-1-3-13(15)12-5-6-12/h1-4,7-8,10,12,14,17H,5-6,9H2,(H,18,19). The molecule has 2 aromatic rings. The van der Waals surface area contributed by atoms with Gasteiger partial charge < -0.3 is 9.52 Å². The third-order valence-electron chi connectivity index (χ3n) is 3.84. The van der Waals surface area contributed by atoms with Crippen molar-refractivity contribution in [2.45, 2.75) is 36.1 Å². The van der Waals surface area contributed by atoms with E-state index >= 15 is 0 Å². The molecule has 1 unspecified atom stereocenters. The molecule has 3 rings (SSSR count). The van der Waals surface area contributed by atoms with E-state index in [1.54, 1.807) is 24.3 Å². The van der Waals surface area contributed by atoms with Gasteiger partial charge >= 0.3 is 5.97 Å². The lowest BCUT2D eigenvalue weighted by Crippen LogP contribution is -2.42. The van der Waals surface area contributed by atoms with Crippen LogP contribution in [-0.4, -0.2) is 25.5 Å². The minimum atomic E-state index is -3.90. The van der Waals surface area contributed by atoms with Gasteiger partial charge in [0.25, 0.3) is 0 Å². The van der Waals surface area contributed by atoms with Crippen LogP contribution in [0.4, 0.5) is 0 Å². The summed E-state index contributed by atoms with van der Waals surface area (Å²) in [6.45, 7) is 0. The van der Waals surface area contributed by atoms with Crippen LogP contribution in [0.3, 0.4) is 0 Å². The Morgan fingerprint density at radius 3 is 2.65 bits per heavy atom. The molecule has 1 aromatic carbocycles. The van der Waals surface area contributed by atoms with Crippen molar-refractivity contribution in [1.82, 2.24) is 4.72 Å². The minimum absolute atomic E-state index is 0.0245. The zero-order chi connectivity index (χ0) is 16.4. The molecular formula is C16H17NO5S. The second kappa shape index (κ2) is 6.17. The van der Waals surface area contributed by atoms with Crippen molar-refractivity contribution in [2.24, 2.45) is 0 Å². The largest absolute Gasteiger partial charge is 0.480 e. The molecule has 0 aliphatic heterocycles. The summed E-state index contributed by atoms with van der Waals surface area (Å²) in [5.41, 5.74) is 1.38. The third kappa shape index (κ3) is 3.62. The van der Waals surface area contributed by atoms with Crippen molar-refractivity contribution < 1.29 is 22.7 Å². The molecule has 1 aliphatic rings. The molecule has 0 saturated heterocycles. The fraction of sp³-hybridized carbons (Fsp3) is 0.312. The minimum Gasteiger partial charge on any atom is -0.480 e. The summed E-state index contributed by atoms with van der Waals surface area (Å²) >= 11 is 0.